The lowest BCUT2D eigenvalue weighted by molar-refractivity contribution is -0.141. The summed E-state index contributed by atoms with van der Waals surface area (Å²) in [6, 6.07) is 3.03. The lowest BCUT2D eigenvalue weighted by atomic mass is 9.84. The molecule has 1 saturated carbocycles. The van der Waals surface area contributed by atoms with Crippen LogP contribution in [0.5, 0.6) is 0 Å². The standard InChI is InChI=1S/C20H23FN2O4/c21-15-8-7-13(22-9-3-6-18(22)24)11-14(15)19(25)23-16-5-2-1-4-12(16)10-17(23)20(26)27/h7-8,11-12,16-17H,1-6,9-10H2,(H,26,27)/t12-,16+,17+/m1/s1. The van der Waals surface area contributed by atoms with Crippen molar-refractivity contribution in [2.75, 3.05) is 11.4 Å². The fraction of sp³-hybridized carbons (Fsp3) is 0.550. The predicted octanol–water partition coefficient (Wildman–Crippen LogP) is 2.81. The number of benzene rings is 1. The van der Waals surface area contributed by atoms with Crippen LogP contribution in [0.25, 0.3) is 0 Å². The van der Waals surface area contributed by atoms with E-state index in [9.17, 15) is 23.9 Å². The van der Waals surface area contributed by atoms with Crippen LogP contribution in [0.2, 0.25) is 0 Å². The number of hydrogen-bond acceptors (Lipinski definition) is 3. The van der Waals surface area contributed by atoms with Gasteiger partial charge in [0.1, 0.15) is 11.9 Å². The largest absolute Gasteiger partial charge is 0.480 e. The third kappa shape index (κ3) is 3.09. The summed E-state index contributed by atoms with van der Waals surface area (Å²) in [4.78, 5) is 39.9. The van der Waals surface area contributed by atoms with E-state index in [-0.39, 0.29) is 23.4 Å². The highest BCUT2D eigenvalue weighted by Crippen LogP contribution is 2.41. The zero-order chi connectivity index (χ0) is 19.1. The van der Waals surface area contributed by atoms with Crippen molar-refractivity contribution in [1.82, 2.24) is 4.90 Å². The molecule has 1 aromatic rings. The number of anilines is 1. The summed E-state index contributed by atoms with van der Waals surface area (Å²) in [5.41, 5.74) is 0.346. The van der Waals surface area contributed by atoms with E-state index in [0.29, 0.717) is 25.1 Å². The third-order valence-electron chi connectivity index (χ3n) is 6.17. The number of fused-ring (bicyclic) bond motifs is 1. The number of hydrogen-bond donors (Lipinski definition) is 1. The minimum absolute atomic E-state index is 0.0445. The molecular weight excluding hydrogens is 351 g/mol. The van der Waals surface area contributed by atoms with Crippen molar-refractivity contribution < 1.29 is 23.9 Å². The van der Waals surface area contributed by atoms with Gasteiger partial charge >= 0.3 is 5.97 Å². The number of carbonyl (C=O) groups is 3. The summed E-state index contributed by atoms with van der Waals surface area (Å²) in [5.74, 6) is -2.18. The smallest absolute Gasteiger partial charge is 0.326 e. The van der Waals surface area contributed by atoms with Crippen molar-refractivity contribution in [3.63, 3.8) is 0 Å². The Morgan fingerprint density at radius 2 is 1.93 bits per heavy atom. The highest BCUT2D eigenvalue weighted by atomic mass is 19.1. The lowest BCUT2D eigenvalue weighted by Crippen LogP contribution is -2.46. The second-order valence-electron chi connectivity index (χ2n) is 7.73. The van der Waals surface area contributed by atoms with Crippen molar-refractivity contribution in [1.29, 1.82) is 0 Å². The van der Waals surface area contributed by atoms with E-state index in [1.807, 2.05) is 0 Å². The zero-order valence-electron chi connectivity index (χ0n) is 15.1. The van der Waals surface area contributed by atoms with Crippen LogP contribution < -0.4 is 4.90 Å². The lowest BCUT2D eigenvalue weighted by Gasteiger charge is -2.33. The summed E-state index contributed by atoms with van der Waals surface area (Å²) >= 11 is 0. The molecule has 1 aromatic carbocycles. The molecule has 4 rings (SSSR count). The molecule has 27 heavy (non-hydrogen) atoms. The Labute approximate surface area is 156 Å². The van der Waals surface area contributed by atoms with Gasteiger partial charge in [-0.1, -0.05) is 12.8 Å². The van der Waals surface area contributed by atoms with Gasteiger partial charge in [0.15, 0.2) is 0 Å². The summed E-state index contributed by atoms with van der Waals surface area (Å²) in [7, 11) is 0. The van der Waals surface area contributed by atoms with E-state index in [1.165, 1.54) is 23.1 Å². The van der Waals surface area contributed by atoms with Crippen molar-refractivity contribution in [2.45, 2.75) is 57.0 Å². The Morgan fingerprint density at radius 3 is 2.63 bits per heavy atom. The number of rotatable bonds is 3. The van der Waals surface area contributed by atoms with E-state index in [2.05, 4.69) is 0 Å². The second kappa shape index (κ2) is 6.94. The van der Waals surface area contributed by atoms with Crippen molar-refractivity contribution in [3.05, 3.63) is 29.6 Å². The predicted molar refractivity (Wildman–Crippen MR) is 95.9 cm³/mol. The van der Waals surface area contributed by atoms with Gasteiger partial charge in [0, 0.05) is 24.7 Å². The summed E-state index contributed by atoms with van der Waals surface area (Å²) in [5, 5.41) is 9.62. The van der Waals surface area contributed by atoms with Crippen LogP contribution in [0.4, 0.5) is 10.1 Å². The van der Waals surface area contributed by atoms with Crippen molar-refractivity contribution in [3.8, 4) is 0 Å². The first-order chi connectivity index (χ1) is 13.0. The molecule has 3 aliphatic rings. The molecule has 0 unspecified atom stereocenters. The molecule has 3 fully saturated rings. The highest BCUT2D eigenvalue weighted by Gasteiger charge is 2.48. The molecule has 7 heteroatoms. The number of likely N-dealkylation sites (tertiary alicyclic amines) is 1. The first-order valence-electron chi connectivity index (χ1n) is 9.62. The van der Waals surface area contributed by atoms with Crippen LogP contribution in [0.15, 0.2) is 18.2 Å². The number of nitrogens with zero attached hydrogens (tertiary/aromatic N) is 2. The molecule has 3 atom stereocenters. The summed E-state index contributed by atoms with van der Waals surface area (Å²) in [6.45, 7) is 0.546. The number of amides is 2. The highest BCUT2D eigenvalue weighted by molar-refractivity contribution is 6.00. The summed E-state index contributed by atoms with van der Waals surface area (Å²) < 4.78 is 14.5. The monoisotopic (exact) mass is 374 g/mol. The minimum Gasteiger partial charge on any atom is -0.480 e. The Bertz CT molecular complexity index is 796. The van der Waals surface area contributed by atoms with Crippen LogP contribution in [-0.2, 0) is 9.59 Å². The maximum Gasteiger partial charge on any atom is 0.326 e. The maximum absolute atomic E-state index is 14.5. The topological polar surface area (TPSA) is 77.9 Å². The van der Waals surface area contributed by atoms with Gasteiger partial charge in [0.2, 0.25) is 5.91 Å². The van der Waals surface area contributed by atoms with Crippen LogP contribution in [0, 0.1) is 11.7 Å². The van der Waals surface area contributed by atoms with E-state index < -0.39 is 23.7 Å². The van der Waals surface area contributed by atoms with Crippen LogP contribution in [0.3, 0.4) is 0 Å². The van der Waals surface area contributed by atoms with Crippen LogP contribution >= 0.6 is 0 Å². The molecule has 2 amide bonds. The molecule has 2 aliphatic heterocycles. The molecule has 6 nitrogen and oxygen atoms in total. The van der Waals surface area contributed by atoms with Gasteiger partial charge in [-0.15, -0.1) is 0 Å². The number of carboxylic acids is 1. The van der Waals surface area contributed by atoms with Crippen LogP contribution in [0.1, 0.15) is 55.3 Å². The quantitative estimate of drug-likeness (QED) is 0.883. The van der Waals surface area contributed by atoms with E-state index >= 15 is 0 Å². The Hall–Kier alpha value is -2.44. The average molecular weight is 374 g/mol. The van der Waals surface area contributed by atoms with E-state index in [1.54, 1.807) is 4.90 Å². The number of carboxylic acid groups (broad SMARTS) is 1. The fourth-order valence-corrected chi connectivity index (χ4v) is 4.88. The second-order valence-corrected chi connectivity index (χ2v) is 7.73. The van der Waals surface area contributed by atoms with Gasteiger partial charge in [-0.3, -0.25) is 9.59 Å². The van der Waals surface area contributed by atoms with Crippen LogP contribution in [-0.4, -0.2) is 46.4 Å². The summed E-state index contributed by atoms with van der Waals surface area (Å²) in [6.07, 6.45) is 5.25. The first-order valence-corrected chi connectivity index (χ1v) is 9.62. The van der Waals surface area contributed by atoms with Gasteiger partial charge in [0.05, 0.1) is 5.56 Å². The molecule has 1 N–H and O–H groups in total. The van der Waals surface area contributed by atoms with Gasteiger partial charge in [-0.25, -0.2) is 9.18 Å². The average Bonchev–Trinajstić information content (AvgIpc) is 3.25. The number of aliphatic carboxylic acids is 1. The maximum atomic E-state index is 14.5. The molecule has 0 radical (unpaired) electrons. The molecule has 2 saturated heterocycles. The fourth-order valence-electron chi connectivity index (χ4n) is 4.88. The molecule has 0 bridgehead atoms. The Kier molecular flexibility index (Phi) is 4.61. The molecule has 144 valence electrons. The number of halogens is 1. The third-order valence-corrected chi connectivity index (χ3v) is 6.17. The van der Waals surface area contributed by atoms with E-state index in [0.717, 1.165) is 32.1 Å². The molecule has 1 aliphatic carbocycles. The minimum atomic E-state index is -1.04. The molecule has 2 heterocycles. The normalized spacial score (nSPS) is 27.7. The van der Waals surface area contributed by atoms with Gasteiger partial charge in [0.25, 0.3) is 5.91 Å². The number of carbonyl (C=O) groups excluding carboxylic acids is 2. The molecule has 0 aromatic heterocycles. The van der Waals surface area contributed by atoms with E-state index in [4.69, 9.17) is 0 Å². The Morgan fingerprint density at radius 1 is 1.15 bits per heavy atom. The first kappa shape index (κ1) is 17.9. The Balaban J connectivity index is 1.68. The van der Waals surface area contributed by atoms with Crippen molar-refractivity contribution in [2.24, 2.45) is 5.92 Å². The van der Waals surface area contributed by atoms with Gasteiger partial charge in [-0.2, -0.15) is 0 Å². The SMILES string of the molecule is O=C(O)[C@@H]1C[C@H]2CCCC[C@@H]2N1C(=O)c1cc(N2CCCC2=O)ccc1F. The molecular formula is C20H23FN2O4. The van der Waals surface area contributed by atoms with Gasteiger partial charge < -0.3 is 14.9 Å². The van der Waals surface area contributed by atoms with Crippen molar-refractivity contribution >= 4 is 23.5 Å². The van der Waals surface area contributed by atoms with Gasteiger partial charge in [-0.05, 0) is 49.8 Å². The molecule has 0 spiro atoms. The zero-order valence-corrected chi connectivity index (χ0v) is 15.1.